The molecule has 0 saturated carbocycles. The van der Waals surface area contributed by atoms with Crippen molar-refractivity contribution in [3.05, 3.63) is 34.9 Å². The molecule has 1 aliphatic heterocycles. The fourth-order valence-corrected chi connectivity index (χ4v) is 1.55. The second-order valence-corrected chi connectivity index (χ2v) is 3.68. The van der Waals surface area contributed by atoms with E-state index in [4.69, 9.17) is 4.74 Å². The van der Waals surface area contributed by atoms with Crippen LogP contribution in [0.25, 0.3) is 0 Å². The van der Waals surface area contributed by atoms with Crippen LogP contribution in [0.3, 0.4) is 0 Å². The normalized spacial score (nSPS) is 13.5. The summed E-state index contributed by atoms with van der Waals surface area (Å²) in [5, 5.41) is 0. The molecule has 14 heavy (non-hydrogen) atoms. The Morgan fingerprint density at radius 2 is 1.71 bits per heavy atom. The lowest BCUT2D eigenvalue weighted by Gasteiger charge is -2.06. The molecule has 0 atom stereocenters. The summed E-state index contributed by atoms with van der Waals surface area (Å²) in [7, 11) is 0. The minimum absolute atomic E-state index is 0.621. The summed E-state index contributed by atoms with van der Waals surface area (Å²) in [6.45, 7) is 10.0. The molecule has 78 valence electrons. The SMILES string of the molecule is CC.CC(C)c1ccc2c(c1)COC2. The van der Waals surface area contributed by atoms with E-state index in [9.17, 15) is 0 Å². The Balaban J connectivity index is 0.000000461. The van der Waals surface area contributed by atoms with Crippen molar-refractivity contribution in [2.45, 2.75) is 46.8 Å². The van der Waals surface area contributed by atoms with Crippen LogP contribution in [0.15, 0.2) is 18.2 Å². The Hall–Kier alpha value is -0.820. The van der Waals surface area contributed by atoms with Gasteiger partial charge in [0, 0.05) is 0 Å². The summed E-state index contributed by atoms with van der Waals surface area (Å²) in [5.74, 6) is 0.621. The summed E-state index contributed by atoms with van der Waals surface area (Å²) >= 11 is 0. The van der Waals surface area contributed by atoms with Crippen molar-refractivity contribution in [2.24, 2.45) is 0 Å². The van der Waals surface area contributed by atoms with Crippen molar-refractivity contribution in [1.82, 2.24) is 0 Å². The number of rotatable bonds is 1. The van der Waals surface area contributed by atoms with E-state index >= 15 is 0 Å². The van der Waals surface area contributed by atoms with E-state index in [1.54, 1.807) is 0 Å². The molecule has 0 aliphatic carbocycles. The topological polar surface area (TPSA) is 9.23 Å². The molecule has 1 nitrogen and oxygen atoms in total. The molecule has 0 amide bonds. The highest BCUT2D eigenvalue weighted by Crippen LogP contribution is 2.24. The van der Waals surface area contributed by atoms with Gasteiger partial charge in [-0.05, 0) is 22.6 Å². The Kier molecular flexibility index (Phi) is 4.15. The predicted octanol–water partition coefficient (Wildman–Crippen LogP) is 3.87. The molecule has 0 fully saturated rings. The summed E-state index contributed by atoms with van der Waals surface area (Å²) in [6.07, 6.45) is 0. The smallest absolute Gasteiger partial charge is 0.0725 e. The van der Waals surface area contributed by atoms with Crippen molar-refractivity contribution in [3.63, 3.8) is 0 Å². The zero-order valence-electron chi connectivity index (χ0n) is 9.63. The zero-order valence-corrected chi connectivity index (χ0v) is 9.63. The standard InChI is InChI=1S/C11H14O.C2H6/c1-8(2)9-3-4-10-6-12-7-11(10)5-9;1-2/h3-5,8H,6-7H2,1-2H3;1-2H3. The van der Waals surface area contributed by atoms with Crippen molar-refractivity contribution in [2.75, 3.05) is 0 Å². The van der Waals surface area contributed by atoms with Crippen molar-refractivity contribution in [1.29, 1.82) is 0 Å². The lowest BCUT2D eigenvalue weighted by Crippen LogP contribution is -1.90. The Morgan fingerprint density at radius 1 is 1.07 bits per heavy atom. The average molecular weight is 192 g/mol. The van der Waals surface area contributed by atoms with Gasteiger partial charge in [-0.25, -0.2) is 0 Å². The van der Waals surface area contributed by atoms with Crippen LogP contribution in [-0.2, 0) is 18.0 Å². The highest BCUT2D eigenvalue weighted by molar-refractivity contribution is 5.34. The van der Waals surface area contributed by atoms with E-state index < -0.39 is 0 Å². The third-order valence-corrected chi connectivity index (χ3v) is 2.41. The molecule has 0 saturated heterocycles. The molecule has 1 aromatic carbocycles. The average Bonchev–Trinajstić information content (AvgIpc) is 2.67. The van der Waals surface area contributed by atoms with E-state index in [-0.39, 0.29) is 0 Å². The van der Waals surface area contributed by atoms with Gasteiger partial charge in [0.1, 0.15) is 0 Å². The van der Waals surface area contributed by atoms with Gasteiger partial charge in [-0.2, -0.15) is 0 Å². The van der Waals surface area contributed by atoms with Crippen LogP contribution in [0.1, 0.15) is 50.3 Å². The van der Waals surface area contributed by atoms with Crippen molar-refractivity contribution >= 4 is 0 Å². The van der Waals surface area contributed by atoms with Gasteiger partial charge in [0.2, 0.25) is 0 Å². The van der Waals surface area contributed by atoms with Crippen LogP contribution in [0.2, 0.25) is 0 Å². The minimum Gasteiger partial charge on any atom is -0.372 e. The number of hydrogen-bond acceptors (Lipinski definition) is 1. The molecule has 0 N–H and O–H groups in total. The summed E-state index contributed by atoms with van der Waals surface area (Å²) in [4.78, 5) is 0. The minimum atomic E-state index is 0.621. The fourth-order valence-electron chi connectivity index (χ4n) is 1.55. The lowest BCUT2D eigenvalue weighted by molar-refractivity contribution is 0.134. The van der Waals surface area contributed by atoms with Crippen LogP contribution < -0.4 is 0 Å². The molecule has 0 unspecified atom stereocenters. The quantitative estimate of drug-likeness (QED) is 0.656. The monoisotopic (exact) mass is 192 g/mol. The third kappa shape index (κ3) is 2.36. The molecule has 2 rings (SSSR count). The van der Waals surface area contributed by atoms with E-state index in [2.05, 4.69) is 32.0 Å². The van der Waals surface area contributed by atoms with Crippen LogP contribution >= 0.6 is 0 Å². The molecule has 0 aromatic heterocycles. The fraction of sp³-hybridized carbons (Fsp3) is 0.538. The van der Waals surface area contributed by atoms with Crippen LogP contribution in [0, 0.1) is 0 Å². The molecule has 1 aromatic rings. The van der Waals surface area contributed by atoms with Gasteiger partial charge in [0.15, 0.2) is 0 Å². The lowest BCUT2D eigenvalue weighted by atomic mass is 9.99. The number of ether oxygens (including phenoxy) is 1. The van der Waals surface area contributed by atoms with Gasteiger partial charge in [-0.3, -0.25) is 0 Å². The van der Waals surface area contributed by atoms with E-state index in [0.29, 0.717) is 5.92 Å². The van der Waals surface area contributed by atoms with E-state index in [1.807, 2.05) is 13.8 Å². The number of fused-ring (bicyclic) bond motifs is 1. The highest BCUT2D eigenvalue weighted by atomic mass is 16.5. The van der Waals surface area contributed by atoms with Gasteiger partial charge in [-0.1, -0.05) is 45.9 Å². The van der Waals surface area contributed by atoms with Crippen molar-refractivity contribution in [3.8, 4) is 0 Å². The van der Waals surface area contributed by atoms with Gasteiger partial charge in [0.25, 0.3) is 0 Å². The second kappa shape index (κ2) is 5.16. The molecule has 0 spiro atoms. The first-order valence-corrected chi connectivity index (χ1v) is 5.47. The first-order chi connectivity index (χ1) is 6.77. The van der Waals surface area contributed by atoms with Gasteiger partial charge in [-0.15, -0.1) is 0 Å². The molecule has 1 heteroatoms. The zero-order chi connectivity index (χ0) is 10.6. The van der Waals surface area contributed by atoms with E-state index in [1.165, 1.54) is 16.7 Å². The second-order valence-electron chi connectivity index (χ2n) is 3.68. The van der Waals surface area contributed by atoms with E-state index in [0.717, 1.165) is 13.2 Å². The summed E-state index contributed by atoms with van der Waals surface area (Å²) in [6, 6.07) is 6.67. The maximum absolute atomic E-state index is 5.35. The number of hydrogen-bond donors (Lipinski definition) is 0. The molecule has 0 radical (unpaired) electrons. The largest absolute Gasteiger partial charge is 0.372 e. The number of benzene rings is 1. The van der Waals surface area contributed by atoms with Crippen LogP contribution in [0.4, 0.5) is 0 Å². The highest BCUT2D eigenvalue weighted by Gasteiger charge is 2.11. The molecule has 0 bridgehead atoms. The Morgan fingerprint density at radius 3 is 2.36 bits per heavy atom. The van der Waals surface area contributed by atoms with Gasteiger partial charge < -0.3 is 4.74 Å². The molecule has 1 heterocycles. The maximum atomic E-state index is 5.35. The van der Waals surface area contributed by atoms with Crippen LogP contribution in [0.5, 0.6) is 0 Å². The maximum Gasteiger partial charge on any atom is 0.0725 e. The third-order valence-electron chi connectivity index (χ3n) is 2.41. The van der Waals surface area contributed by atoms with Gasteiger partial charge >= 0.3 is 0 Å². The molecule has 1 aliphatic rings. The van der Waals surface area contributed by atoms with Crippen molar-refractivity contribution < 1.29 is 4.74 Å². The van der Waals surface area contributed by atoms with Gasteiger partial charge in [0.05, 0.1) is 13.2 Å². The molecular formula is C13H20O. The first kappa shape index (κ1) is 11.3. The first-order valence-electron chi connectivity index (χ1n) is 5.47. The Bertz CT molecular complexity index is 289. The predicted molar refractivity (Wildman–Crippen MR) is 60.4 cm³/mol. The Labute approximate surface area is 87.1 Å². The molecular weight excluding hydrogens is 172 g/mol. The summed E-state index contributed by atoms with van der Waals surface area (Å²) in [5.41, 5.74) is 4.15. The van der Waals surface area contributed by atoms with Crippen LogP contribution in [-0.4, -0.2) is 0 Å². The summed E-state index contributed by atoms with van der Waals surface area (Å²) < 4.78 is 5.35.